The molecule has 0 aliphatic heterocycles. The summed E-state index contributed by atoms with van der Waals surface area (Å²) in [6, 6.07) is 8.24. The van der Waals surface area contributed by atoms with Crippen molar-refractivity contribution in [1.29, 1.82) is 5.26 Å². The fourth-order valence-corrected chi connectivity index (χ4v) is 3.22. The average molecular weight is 386 g/mol. The van der Waals surface area contributed by atoms with E-state index in [1.54, 1.807) is 25.1 Å². The zero-order valence-corrected chi connectivity index (χ0v) is 15.9. The third-order valence-corrected chi connectivity index (χ3v) is 4.70. The summed E-state index contributed by atoms with van der Waals surface area (Å²) in [5, 5.41) is 9.52. The molecular formula is C19H18N2O5S. The summed E-state index contributed by atoms with van der Waals surface area (Å²) in [6.45, 7) is 3.05. The lowest BCUT2D eigenvalue weighted by molar-refractivity contribution is -0.141. The first-order valence-electron chi connectivity index (χ1n) is 7.96. The topological polar surface area (TPSA) is 109 Å². The van der Waals surface area contributed by atoms with Crippen molar-refractivity contribution in [2.24, 2.45) is 0 Å². The van der Waals surface area contributed by atoms with E-state index in [9.17, 15) is 19.6 Å². The first-order chi connectivity index (χ1) is 12.8. The van der Waals surface area contributed by atoms with Gasteiger partial charge in [-0.25, -0.2) is 0 Å². The number of carbonyl (C=O) groups is 2. The fourth-order valence-electron chi connectivity index (χ4n) is 2.35. The zero-order valence-electron chi connectivity index (χ0n) is 15.1. The number of hydrogen-bond acceptors (Lipinski definition) is 7. The van der Waals surface area contributed by atoms with Gasteiger partial charge in [0.2, 0.25) is 5.56 Å². The van der Waals surface area contributed by atoms with Crippen LogP contribution in [0, 0.1) is 18.3 Å². The van der Waals surface area contributed by atoms with Crippen molar-refractivity contribution in [3.63, 3.8) is 0 Å². The highest BCUT2D eigenvalue weighted by Gasteiger charge is 2.13. The van der Waals surface area contributed by atoms with Crippen LogP contribution in [0.2, 0.25) is 0 Å². The Morgan fingerprint density at radius 1 is 1.30 bits per heavy atom. The number of rotatable bonds is 7. The maximum Gasteiger partial charge on any atom is 0.316 e. The standard InChI is InChI=1S/C19H18N2O5S/c1-11-6-17(23)21-19(15(11)8-20)27-10-18(24)26-9-14-7-13(12(2)22)4-5-16(14)25-3/h4-7H,9-10H2,1-3H3,(H,21,23). The molecule has 0 unspecified atom stereocenters. The number of aryl methyl sites for hydroxylation is 1. The average Bonchev–Trinajstić information content (AvgIpc) is 2.63. The van der Waals surface area contributed by atoms with Crippen LogP contribution in [0.15, 0.2) is 34.1 Å². The van der Waals surface area contributed by atoms with Gasteiger partial charge in [-0.15, -0.1) is 0 Å². The molecule has 8 heteroatoms. The third kappa shape index (κ3) is 5.21. The van der Waals surface area contributed by atoms with Crippen molar-refractivity contribution in [2.75, 3.05) is 12.9 Å². The monoisotopic (exact) mass is 386 g/mol. The Labute approximate surface area is 160 Å². The molecule has 140 valence electrons. The number of thioether (sulfide) groups is 1. The Kier molecular flexibility index (Phi) is 6.79. The predicted molar refractivity (Wildman–Crippen MR) is 100 cm³/mol. The van der Waals surface area contributed by atoms with E-state index in [-0.39, 0.29) is 23.7 Å². The second-order valence-corrected chi connectivity index (χ2v) is 6.65. The van der Waals surface area contributed by atoms with Gasteiger partial charge in [-0.2, -0.15) is 5.26 Å². The molecule has 0 aliphatic carbocycles. The summed E-state index contributed by atoms with van der Waals surface area (Å²) in [5.41, 5.74) is 1.59. The Morgan fingerprint density at radius 3 is 2.67 bits per heavy atom. The van der Waals surface area contributed by atoms with Crippen molar-refractivity contribution in [3.05, 3.63) is 56.9 Å². The second-order valence-electron chi connectivity index (χ2n) is 5.66. The molecule has 2 aromatic rings. The van der Waals surface area contributed by atoms with E-state index in [1.807, 2.05) is 6.07 Å². The number of ketones is 1. The quantitative estimate of drug-likeness (QED) is 0.442. The molecule has 0 spiro atoms. The zero-order chi connectivity index (χ0) is 20.0. The molecule has 0 bridgehead atoms. The van der Waals surface area contributed by atoms with Crippen molar-refractivity contribution < 1.29 is 19.1 Å². The molecule has 1 N–H and O–H groups in total. The smallest absolute Gasteiger partial charge is 0.316 e. The van der Waals surface area contributed by atoms with E-state index in [2.05, 4.69) is 4.98 Å². The van der Waals surface area contributed by atoms with E-state index >= 15 is 0 Å². The first-order valence-corrected chi connectivity index (χ1v) is 8.94. The maximum absolute atomic E-state index is 12.1. The van der Waals surface area contributed by atoms with E-state index in [4.69, 9.17) is 9.47 Å². The van der Waals surface area contributed by atoms with Crippen LogP contribution in [-0.2, 0) is 16.1 Å². The lowest BCUT2D eigenvalue weighted by atomic mass is 10.1. The highest BCUT2D eigenvalue weighted by atomic mass is 32.2. The Morgan fingerprint density at radius 2 is 2.04 bits per heavy atom. The molecule has 7 nitrogen and oxygen atoms in total. The van der Waals surface area contributed by atoms with Gasteiger partial charge in [-0.05, 0) is 37.6 Å². The summed E-state index contributed by atoms with van der Waals surface area (Å²) in [5.74, 6) is -0.201. The Hall–Kier alpha value is -3.05. The third-order valence-electron chi connectivity index (χ3n) is 3.73. The van der Waals surface area contributed by atoms with E-state index in [0.717, 1.165) is 11.8 Å². The number of aromatic amines is 1. The number of hydrogen-bond donors (Lipinski definition) is 1. The number of esters is 1. The van der Waals surface area contributed by atoms with Crippen LogP contribution in [-0.4, -0.2) is 29.6 Å². The number of carbonyl (C=O) groups excluding carboxylic acids is 2. The Bertz CT molecular complexity index is 975. The molecule has 0 aliphatic rings. The largest absolute Gasteiger partial charge is 0.496 e. The Balaban J connectivity index is 2.04. The fraction of sp³-hybridized carbons (Fsp3) is 0.263. The molecule has 0 saturated carbocycles. The van der Waals surface area contributed by atoms with Crippen LogP contribution < -0.4 is 10.3 Å². The molecule has 2 rings (SSSR count). The van der Waals surface area contributed by atoms with Gasteiger partial charge in [-0.3, -0.25) is 14.4 Å². The highest BCUT2D eigenvalue weighted by molar-refractivity contribution is 7.99. The lowest BCUT2D eigenvalue weighted by Gasteiger charge is -2.11. The van der Waals surface area contributed by atoms with Crippen LogP contribution in [0.25, 0.3) is 0 Å². The molecule has 0 atom stereocenters. The van der Waals surface area contributed by atoms with Gasteiger partial charge in [-0.1, -0.05) is 11.8 Å². The molecule has 0 saturated heterocycles. The van der Waals surface area contributed by atoms with Crippen LogP contribution in [0.3, 0.4) is 0 Å². The first kappa shape index (κ1) is 20.3. The predicted octanol–water partition coefficient (Wildman–Crippen LogP) is 2.60. The van der Waals surface area contributed by atoms with Gasteiger partial charge in [0.1, 0.15) is 18.4 Å². The molecule has 1 aromatic heterocycles. The van der Waals surface area contributed by atoms with Crippen molar-refractivity contribution in [3.8, 4) is 11.8 Å². The minimum atomic E-state index is -0.526. The molecule has 1 aromatic carbocycles. The number of pyridine rings is 1. The molecule has 0 amide bonds. The summed E-state index contributed by atoms with van der Waals surface area (Å²) in [7, 11) is 1.49. The van der Waals surface area contributed by atoms with Gasteiger partial charge in [0.15, 0.2) is 5.78 Å². The second kappa shape index (κ2) is 9.05. The summed E-state index contributed by atoms with van der Waals surface area (Å²) < 4.78 is 10.4. The molecule has 0 fully saturated rings. The van der Waals surface area contributed by atoms with E-state index in [0.29, 0.717) is 33.0 Å². The summed E-state index contributed by atoms with van der Waals surface area (Å²) in [6.07, 6.45) is 0. The van der Waals surface area contributed by atoms with Crippen LogP contribution in [0.5, 0.6) is 5.75 Å². The number of benzene rings is 1. The lowest BCUT2D eigenvalue weighted by Crippen LogP contribution is -2.12. The molecular weight excluding hydrogens is 368 g/mol. The van der Waals surface area contributed by atoms with E-state index < -0.39 is 5.97 Å². The van der Waals surface area contributed by atoms with E-state index in [1.165, 1.54) is 20.1 Å². The van der Waals surface area contributed by atoms with Gasteiger partial charge in [0.25, 0.3) is 0 Å². The number of nitrogens with zero attached hydrogens (tertiary/aromatic N) is 1. The normalized spacial score (nSPS) is 10.1. The minimum Gasteiger partial charge on any atom is -0.496 e. The summed E-state index contributed by atoms with van der Waals surface area (Å²) >= 11 is 1.02. The number of Topliss-reactive ketones (excluding diaryl/α,β-unsaturated/α-hetero) is 1. The van der Waals surface area contributed by atoms with Crippen LogP contribution in [0.4, 0.5) is 0 Å². The van der Waals surface area contributed by atoms with Crippen molar-refractivity contribution >= 4 is 23.5 Å². The van der Waals surface area contributed by atoms with Gasteiger partial charge in [0.05, 0.1) is 23.5 Å². The highest BCUT2D eigenvalue weighted by Crippen LogP contribution is 2.23. The van der Waals surface area contributed by atoms with Gasteiger partial charge in [0, 0.05) is 17.2 Å². The number of aromatic nitrogens is 1. The molecule has 1 heterocycles. The van der Waals surface area contributed by atoms with Crippen molar-refractivity contribution in [2.45, 2.75) is 25.5 Å². The van der Waals surface area contributed by atoms with Crippen LogP contribution >= 0.6 is 11.8 Å². The van der Waals surface area contributed by atoms with Crippen molar-refractivity contribution in [1.82, 2.24) is 4.98 Å². The minimum absolute atomic E-state index is 0.0564. The SMILES string of the molecule is COc1ccc(C(C)=O)cc1COC(=O)CSc1[nH]c(=O)cc(C)c1C#N. The number of nitrogens with one attached hydrogen (secondary N) is 1. The van der Waals surface area contributed by atoms with Gasteiger partial charge >= 0.3 is 5.97 Å². The molecule has 27 heavy (non-hydrogen) atoms. The maximum atomic E-state index is 12.1. The number of methoxy groups -OCH3 is 1. The number of H-pyrrole nitrogens is 1. The van der Waals surface area contributed by atoms with Gasteiger partial charge < -0.3 is 14.5 Å². The summed E-state index contributed by atoms with van der Waals surface area (Å²) in [4.78, 5) is 37.7. The number of ether oxygens (including phenoxy) is 2. The number of nitriles is 1. The van der Waals surface area contributed by atoms with Crippen LogP contribution in [0.1, 0.15) is 34.0 Å². The molecule has 0 radical (unpaired) electrons.